The number of rotatable bonds is 3. The van der Waals surface area contributed by atoms with Crippen LogP contribution >= 0.6 is 0 Å². The van der Waals surface area contributed by atoms with Gasteiger partial charge in [-0.25, -0.2) is 4.21 Å². The molecule has 0 radical (unpaired) electrons. The van der Waals surface area contributed by atoms with Gasteiger partial charge in [-0.05, 0) is 12.1 Å². The predicted octanol–water partition coefficient (Wildman–Crippen LogP) is 2.13. The van der Waals surface area contributed by atoms with E-state index in [1.807, 2.05) is 30.3 Å². The van der Waals surface area contributed by atoms with Gasteiger partial charge in [-0.2, -0.15) is 0 Å². The quantitative estimate of drug-likeness (QED) is 0.766. The van der Waals surface area contributed by atoms with Crippen LogP contribution in [-0.2, 0) is 11.0 Å². The summed E-state index contributed by atoms with van der Waals surface area (Å²) in [4.78, 5) is 0.852. The average Bonchev–Trinajstić information content (AvgIpc) is 2.03. The van der Waals surface area contributed by atoms with Crippen LogP contribution in [0.3, 0.4) is 0 Å². The molecule has 1 aromatic rings. The molecule has 0 heterocycles. The van der Waals surface area contributed by atoms with Crippen LogP contribution in [-0.4, -0.2) is 12.4 Å². The van der Waals surface area contributed by atoms with Gasteiger partial charge in [-0.3, -0.25) is 4.39 Å². The normalized spacial score (nSPS) is 14.1. The van der Waals surface area contributed by atoms with Crippen molar-refractivity contribution < 1.29 is 4.21 Å². The second kappa shape index (κ2) is 4.17. The summed E-state index contributed by atoms with van der Waals surface area (Å²) in [6.45, 7) is 6.40. The number of nitrogens with one attached hydrogen (secondary N) is 1. The fourth-order valence-electron chi connectivity index (χ4n) is 0.881. The van der Waals surface area contributed by atoms with E-state index in [-0.39, 0.29) is 0 Å². The molecule has 1 atom stereocenters. The molecule has 0 saturated carbocycles. The highest BCUT2D eigenvalue weighted by molar-refractivity contribution is 7.84. The van der Waals surface area contributed by atoms with E-state index >= 15 is 0 Å². The van der Waals surface area contributed by atoms with E-state index in [2.05, 4.69) is 24.0 Å². The zero-order valence-corrected chi connectivity index (χ0v) is 10.0. The zero-order chi connectivity index (χ0) is 9.90. The molecule has 1 N–H and O–H groups in total. The Hall–Kier alpha value is -0.453. The van der Waals surface area contributed by atoms with Crippen LogP contribution in [0.2, 0.25) is 19.6 Å². The van der Waals surface area contributed by atoms with E-state index < -0.39 is 19.2 Å². The lowest BCUT2D eigenvalue weighted by Gasteiger charge is -2.16. The van der Waals surface area contributed by atoms with Gasteiger partial charge in [-0.15, -0.1) is 0 Å². The van der Waals surface area contributed by atoms with Gasteiger partial charge >= 0.3 is 0 Å². The molecule has 1 rings (SSSR count). The first kappa shape index (κ1) is 10.6. The van der Waals surface area contributed by atoms with E-state index in [1.165, 1.54) is 0 Å². The summed E-state index contributed by atoms with van der Waals surface area (Å²) in [5, 5.41) is 0. The Morgan fingerprint density at radius 3 is 2.15 bits per heavy atom. The SMILES string of the molecule is C[Si](C)(C)NS(=O)c1ccccc1. The minimum Gasteiger partial charge on any atom is -0.256 e. The maximum absolute atomic E-state index is 11.7. The van der Waals surface area contributed by atoms with Crippen molar-refractivity contribution in [2.75, 3.05) is 0 Å². The maximum Gasteiger partial charge on any atom is 0.131 e. The lowest BCUT2D eigenvalue weighted by atomic mass is 10.4. The Kier molecular flexibility index (Phi) is 3.41. The van der Waals surface area contributed by atoms with Gasteiger partial charge < -0.3 is 0 Å². The number of hydrogen-bond acceptors (Lipinski definition) is 1. The molecular weight excluding hydrogens is 198 g/mol. The molecule has 1 unspecified atom stereocenters. The van der Waals surface area contributed by atoms with Crippen molar-refractivity contribution in [2.45, 2.75) is 24.5 Å². The van der Waals surface area contributed by atoms with Crippen molar-refractivity contribution in [2.24, 2.45) is 0 Å². The summed E-state index contributed by atoms with van der Waals surface area (Å²) in [7, 11) is -2.49. The van der Waals surface area contributed by atoms with Crippen LogP contribution in [0, 0.1) is 0 Å². The summed E-state index contributed by atoms with van der Waals surface area (Å²) >= 11 is 0. The van der Waals surface area contributed by atoms with Gasteiger partial charge in [0.1, 0.15) is 19.2 Å². The molecule has 0 saturated heterocycles. The number of benzene rings is 1. The largest absolute Gasteiger partial charge is 0.256 e. The third-order valence-corrected chi connectivity index (χ3v) is 5.25. The molecule has 0 aromatic heterocycles. The summed E-state index contributed by atoms with van der Waals surface area (Å²) in [6, 6.07) is 9.49. The predicted molar refractivity (Wildman–Crippen MR) is 59.3 cm³/mol. The van der Waals surface area contributed by atoms with Crippen LogP contribution in [0.5, 0.6) is 0 Å². The van der Waals surface area contributed by atoms with Gasteiger partial charge in [0.05, 0.1) is 4.90 Å². The second-order valence-corrected chi connectivity index (χ2v) is 10.3. The summed E-state index contributed by atoms with van der Waals surface area (Å²) in [5.74, 6) is 0. The van der Waals surface area contributed by atoms with E-state index in [0.29, 0.717) is 0 Å². The lowest BCUT2D eigenvalue weighted by molar-refractivity contribution is 0.681. The fraction of sp³-hybridized carbons (Fsp3) is 0.333. The van der Waals surface area contributed by atoms with Crippen LogP contribution in [0.1, 0.15) is 0 Å². The van der Waals surface area contributed by atoms with E-state index in [9.17, 15) is 4.21 Å². The van der Waals surface area contributed by atoms with Crippen molar-refractivity contribution >= 4 is 19.2 Å². The monoisotopic (exact) mass is 213 g/mol. The molecule has 0 bridgehead atoms. The molecule has 0 aliphatic heterocycles. The first-order valence-corrected chi connectivity index (χ1v) is 8.89. The summed E-state index contributed by atoms with van der Waals surface area (Å²) in [5.41, 5.74) is 0. The highest BCUT2D eigenvalue weighted by Crippen LogP contribution is 2.06. The molecule has 2 nitrogen and oxygen atoms in total. The Morgan fingerprint density at radius 1 is 1.15 bits per heavy atom. The third kappa shape index (κ3) is 3.84. The molecule has 13 heavy (non-hydrogen) atoms. The van der Waals surface area contributed by atoms with E-state index in [4.69, 9.17) is 0 Å². The minimum atomic E-state index is -1.45. The van der Waals surface area contributed by atoms with Gasteiger partial charge in [0, 0.05) is 0 Å². The zero-order valence-electron chi connectivity index (χ0n) is 8.20. The van der Waals surface area contributed by atoms with Crippen LogP contribution < -0.4 is 4.39 Å². The Labute approximate surface area is 83.0 Å². The third-order valence-electron chi connectivity index (χ3n) is 1.36. The smallest absolute Gasteiger partial charge is 0.131 e. The van der Waals surface area contributed by atoms with Crippen molar-refractivity contribution in [3.63, 3.8) is 0 Å². The van der Waals surface area contributed by atoms with Gasteiger partial charge in [0.25, 0.3) is 0 Å². The Bertz CT molecular complexity index is 294. The van der Waals surface area contributed by atoms with Crippen molar-refractivity contribution in [1.82, 2.24) is 4.39 Å². The maximum atomic E-state index is 11.7. The molecule has 72 valence electrons. The first-order chi connectivity index (χ1) is 5.99. The van der Waals surface area contributed by atoms with Crippen LogP contribution in [0.15, 0.2) is 35.2 Å². The van der Waals surface area contributed by atoms with Gasteiger partial charge in [0.2, 0.25) is 0 Å². The summed E-state index contributed by atoms with van der Waals surface area (Å²) in [6.07, 6.45) is 0. The first-order valence-electron chi connectivity index (χ1n) is 4.24. The fourth-order valence-corrected chi connectivity index (χ4v) is 3.98. The van der Waals surface area contributed by atoms with E-state index in [1.54, 1.807) is 0 Å². The molecule has 4 heteroatoms. The molecular formula is C9H15NOSSi. The van der Waals surface area contributed by atoms with E-state index in [0.717, 1.165) is 4.90 Å². The second-order valence-electron chi connectivity index (χ2n) is 3.93. The van der Waals surface area contributed by atoms with Crippen molar-refractivity contribution in [3.8, 4) is 0 Å². The van der Waals surface area contributed by atoms with Crippen molar-refractivity contribution in [3.05, 3.63) is 30.3 Å². The minimum absolute atomic E-state index is 0.852. The molecule has 0 aliphatic rings. The lowest BCUT2D eigenvalue weighted by Crippen LogP contribution is -2.42. The molecule has 0 amide bonds. The molecule has 1 aromatic carbocycles. The molecule has 0 fully saturated rings. The van der Waals surface area contributed by atoms with Crippen molar-refractivity contribution in [1.29, 1.82) is 0 Å². The van der Waals surface area contributed by atoms with Gasteiger partial charge in [0.15, 0.2) is 0 Å². The molecule has 0 spiro atoms. The highest BCUT2D eigenvalue weighted by Gasteiger charge is 2.16. The topological polar surface area (TPSA) is 29.1 Å². The Balaban J connectivity index is 2.71. The van der Waals surface area contributed by atoms with Crippen LogP contribution in [0.4, 0.5) is 0 Å². The Morgan fingerprint density at radius 2 is 1.69 bits per heavy atom. The highest BCUT2D eigenvalue weighted by atomic mass is 32.2. The molecule has 0 aliphatic carbocycles. The summed E-state index contributed by atoms with van der Waals surface area (Å²) < 4.78 is 14.8. The van der Waals surface area contributed by atoms with Gasteiger partial charge in [-0.1, -0.05) is 37.8 Å². The van der Waals surface area contributed by atoms with Crippen LogP contribution in [0.25, 0.3) is 0 Å². The number of hydrogen-bond donors (Lipinski definition) is 1. The average molecular weight is 213 g/mol. The standard InChI is InChI=1S/C9H15NOSSi/c1-13(2,3)10-12(11)9-7-5-4-6-8-9/h4-8,10H,1-3H3.